The van der Waals surface area contributed by atoms with Crippen molar-refractivity contribution in [2.24, 2.45) is 0 Å². The molecule has 2 atom stereocenters. The Bertz CT molecular complexity index is 1350. The first-order valence-corrected chi connectivity index (χ1v) is 15.2. The Kier molecular flexibility index (Phi) is 11.1. The van der Waals surface area contributed by atoms with Crippen LogP contribution in [0.15, 0.2) is 60.7 Å². The van der Waals surface area contributed by atoms with Crippen LogP contribution in [0.3, 0.4) is 0 Å². The topological polar surface area (TPSA) is 89.5 Å². The Hall–Kier alpha value is -3.87. The summed E-state index contributed by atoms with van der Waals surface area (Å²) in [6.45, 7) is 3.07. The largest absolute Gasteiger partial charge is 0.481 e. The molecule has 2 aliphatic heterocycles. The predicted molar refractivity (Wildman–Crippen MR) is 164 cm³/mol. The van der Waals surface area contributed by atoms with Crippen LogP contribution in [0.1, 0.15) is 29.0 Å². The van der Waals surface area contributed by atoms with Crippen LogP contribution in [-0.4, -0.2) is 116 Å². The van der Waals surface area contributed by atoms with Crippen molar-refractivity contribution >= 4 is 5.91 Å². The zero-order chi connectivity index (χ0) is 31.8. The van der Waals surface area contributed by atoms with E-state index >= 15 is 0 Å². The van der Waals surface area contributed by atoms with Crippen LogP contribution in [0.4, 0.5) is 8.78 Å². The maximum atomic E-state index is 13.2. The van der Waals surface area contributed by atoms with E-state index in [0.29, 0.717) is 51.3 Å². The van der Waals surface area contributed by atoms with Gasteiger partial charge in [-0.2, -0.15) is 9.97 Å². The summed E-state index contributed by atoms with van der Waals surface area (Å²) >= 11 is 0. The molecular formula is C33H41F2N5O5. The number of ether oxygens (including phenoxy) is 4. The van der Waals surface area contributed by atoms with Gasteiger partial charge in [0.05, 0.1) is 32.8 Å². The molecule has 5 rings (SSSR count). The normalized spacial score (nSPS) is 19.0. The molecule has 3 heterocycles. The van der Waals surface area contributed by atoms with E-state index in [2.05, 4.69) is 68.3 Å². The van der Waals surface area contributed by atoms with Gasteiger partial charge in [-0.05, 0) is 11.1 Å². The maximum absolute atomic E-state index is 13.2. The number of aromatic nitrogens is 2. The number of hydrogen-bond acceptors (Lipinski definition) is 9. The monoisotopic (exact) mass is 625 g/mol. The third-order valence-electron chi connectivity index (χ3n) is 8.46. The molecule has 1 unspecified atom stereocenters. The minimum Gasteiger partial charge on any atom is -0.481 e. The highest BCUT2D eigenvalue weighted by molar-refractivity contribution is 5.76. The Morgan fingerprint density at radius 1 is 0.889 bits per heavy atom. The summed E-state index contributed by atoms with van der Waals surface area (Å²) in [5.41, 5.74) is 2.85. The van der Waals surface area contributed by atoms with Crippen LogP contribution < -0.4 is 14.2 Å². The second-order valence-corrected chi connectivity index (χ2v) is 11.2. The van der Waals surface area contributed by atoms with Gasteiger partial charge >= 0.3 is 6.01 Å². The first-order chi connectivity index (χ1) is 21.9. The number of halogens is 2. The lowest BCUT2D eigenvalue weighted by atomic mass is 9.81. The number of benzene rings is 2. The van der Waals surface area contributed by atoms with Gasteiger partial charge in [0, 0.05) is 64.4 Å². The number of carbonyl (C=O) groups is 1. The van der Waals surface area contributed by atoms with Gasteiger partial charge in [-0.15, -0.1) is 0 Å². The van der Waals surface area contributed by atoms with Gasteiger partial charge in [0.2, 0.25) is 17.7 Å². The van der Waals surface area contributed by atoms with Gasteiger partial charge in [-0.25, -0.2) is 8.78 Å². The summed E-state index contributed by atoms with van der Waals surface area (Å²) in [5.74, 6) is 0.311. The Balaban J connectivity index is 1.52. The van der Waals surface area contributed by atoms with Gasteiger partial charge in [0.1, 0.15) is 0 Å². The second kappa shape index (κ2) is 15.4. The lowest BCUT2D eigenvalue weighted by molar-refractivity contribution is -0.137. The number of amides is 1. The zero-order valence-electron chi connectivity index (χ0n) is 26.0. The quantitative estimate of drug-likeness (QED) is 0.282. The van der Waals surface area contributed by atoms with Crippen LogP contribution in [-0.2, 0) is 16.1 Å². The van der Waals surface area contributed by atoms with Crippen LogP contribution >= 0.6 is 0 Å². The predicted octanol–water partition coefficient (Wildman–Crippen LogP) is 3.70. The van der Waals surface area contributed by atoms with Gasteiger partial charge in [0.15, 0.2) is 6.61 Å². The van der Waals surface area contributed by atoms with Gasteiger partial charge in [0.25, 0.3) is 6.43 Å². The van der Waals surface area contributed by atoms with Crippen molar-refractivity contribution in [1.82, 2.24) is 24.7 Å². The molecule has 0 spiro atoms. The number of nitrogens with zero attached hydrogens (tertiary/aromatic N) is 5. The first-order valence-electron chi connectivity index (χ1n) is 15.2. The second-order valence-electron chi connectivity index (χ2n) is 11.2. The van der Waals surface area contributed by atoms with E-state index < -0.39 is 13.0 Å². The molecule has 2 aliphatic rings. The molecule has 12 heteroatoms. The molecule has 3 aromatic rings. The van der Waals surface area contributed by atoms with E-state index in [-0.39, 0.29) is 41.7 Å². The highest BCUT2D eigenvalue weighted by atomic mass is 19.3. The molecule has 242 valence electrons. The summed E-state index contributed by atoms with van der Waals surface area (Å²) < 4.78 is 47.8. The molecule has 0 aliphatic carbocycles. The number of alkyl halides is 2. The van der Waals surface area contributed by atoms with Crippen molar-refractivity contribution in [3.05, 3.63) is 77.4 Å². The van der Waals surface area contributed by atoms with Crippen LogP contribution in [0, 0.1) is 0 Å². The SMILES string of the molecule is COCCC(=O)N1CCN2C(C(c3ccccc3)c3ccccc3)CN(Cc3c(OC)nc(OC)nc3OCC(F)F)C[C@@H]2C1. The molecule has 1 aromatic heterocycles. The fourth-order valence-corrected chi connectivity index (χ4v) is 6.47. The zero-order valence-corrected chi connectivity index (χ0v) is 26.0. The molecular weight excluding hydrogens is 584 g/mol. The Labute approximate surface area is 262 Å². The smallest absolute Gasteiger partial charge is 0.322 e. The minimum atomic E-state index is -2.68. The maximum Gasteiger partial charge on any atom is 0.322 e. The number of carbonyl (C=O) groups excluding carboxylic acids is 1. The summed E-state index contributed by atoms with van der Waals surface area (Å²) in [7, 11) is 4.46. The van der Waals surface area contributed by atoms with Crippen molar-refractivity contribution in [2.45, 2.75) is 37.4 Å². The van der Waals surface area contributed by atoms with Crippen LogP contribution in [0.5, 0.6) is 17.8 Å². The highest BCUT2D eigenvalue weighted by Gasteiger charge is 2.43. The van der Waals surface area contributed by atoms with Crippen molar-refractivity contribution in [3.63, 3.8) is 0 Å². The number of fused-ring (bicyclic) bond motifs is 1. The van der Waals surface area contributed by atoms with E-state index in [0.717, 1.165) is 6.54 Å². The van der Waals surface area contributed by atoms with E-state index in [9.17, 15) is 13.6 Å². The van der Waals surface area contributed by atoms with Gasteiger partial charge < -0.3 is 23.8 Å². The van der Waals surface area contributed by atoms with Gasteiger partial charge in [-0.3, -0.25) is 14.6 Å². The third kappa shape index (κ3) is 7.86. The third-order valence-corrected chi connectivity index (χ3v) is 8.46. The van der Waals surface area contributed by atoms with Gasteiger partial charge in [-0.1, -0.05) is 60.7 Å². The molecule has 0 bridgehead atoms. The Morgan fingerprint density at radius 2 is 1.56 bits per heavy atom. The average Bonchev–Trinajstić information content (AvgIpc) is 3.07. The average molecular weight is 626 g/mol. The summed E-state index contributed by atoms with van der Waals surface area (Å²) in [5, 5.41) is 0. The van der Waals surface area contributed by atoms with Crippen molar-refractivity contribution in [1.29, 1.82) is 0 Å². The minimum absolute atomic E-state index is 0.000613. The lowest BCUT2D eigenvalue weighted by Gasteiger charge is -2.53. The molecule has 0 N–H and O–H groups in total. The summed E-state index contributed by atoms with van der Waals surface area (Å²) in [4.78, 5) is 28.4. The molecule has 2 saturated heterocycles. The lowest BCUT2D eigenvalue weighted by Crippen LogP contribution is -2.67. The standard InChI is InChI=1S/C33H41F2N5O5/c1-42-17-14-29(41)39-15-16-40-25(19-39)18-38(20-26-31(43-2)36-33(44-3)37-32(26)45-22-28(34)35)21-27(40)30(23-10-6-4-7-11-23)24-12-8-5-9-13-24/h4-13,25,27-28,30H,14-22H2,1-3H3/t25-,27?/m1/s1. The molecule has 0 radical (unpaired) electrons. The molecule has 2 fully saturated rings. The first kappa shape index (κ1) is 32.5. The van der Waals surface area contributed by atoms with Crippen molar-refractivity contribution in [3.8, 4) is 17.8 Å². The molecule has 0 saturated carbocycles. The highest BCUT2D eigenvalue weighted by Crippen LogP contribution is 2.37. The molecule has 45 heavy (non-hydrogen) atoms. The number of rotatable bonds is 13. The Morgan fingerprint density at radius 3 is 2.16 bits per heavy atom. The molecule has 1 amide bonds. The van der Waals surface area contributed by atoms with E-state index in [1.807, 2.05) is 17.0 Å². The molecule has 10 nitrogen and oxygen atoms in total. The van der Waals surface area contributed by atoms with Crippen LogP contribution in [0.2, 0.25) is 0 Å². The number of hydrogen-bond donors (Lipinski definition) is 0. The summed E-state index contributed by atoms with van der Waals surface area (Å²) in [6, 6.07) is 20.9. The van der Waals surface area contributed by atoms with E-state index in [4.69, 9.17) is 18.9 Å². The molecule has 2 aromatic carbocycles. The number of piperazine rings is 2. The van der Waals surface area contributed by atoms with E-state index in [1.165, 1.54) is 25.3 Å². The van der Waals surface area contributed by atoms with Crippen molar-refractivity contribution < 1.29 is 32.5 Å². The van der Waals surface area contributed by atoms with Crippen LogP contribution in [0.25, 0.3) is 0 Å². The number of methoxy groups -OCH3 is 3. The fourth-order valence-electron chi connectivity index (χ4n) is 6.47. The van der Waals surface area contributed by atoms with Crippen molar-refractivity contribution in [2.75, 3.05) is 67.3 Å². The fraction of sp³-hybridized carbons (Fsp3) is 0.485. The van der Waals surface area contributed by atoms with E-state index in [1.54, 1.807) is 7.11 Å². The summed E-state index contributed by atoms with van der Waals surface area (Å²) in [6.07, 6.45) is -2.35.